The average molecular weight is 444 g/mol. The molecule has 0 spiro atoms. The lowest BCUT2D eigenvalue weighted by molar-refractivity contribution is -0.138. The molecule has 0 saturated carbocycles. The fourth-order valence-corrected chi connectivity index (χ4v) is 6.03. The van der Waals surface area contributed by atoms with Crippen LogP contribution in [0.4, 0.5) is 5.95 Å². The van der Waals surface area contributed by atoms with Crippen molar-refractivity contribution < 1.29 is 9.53 Å². The van der Waals surface area contributed by atoms with Gasteiger partial charge in [-0.15, -0.1) is 0 Å². The molecule has 0 unspecified atom stereocenters. The molecule has 3 atom stereocenters. The molecular formula is C25H41N5O2. The monoisotopic (exact) mass is 443 g/mol. The van der Waals surface area contributed by atoms with E-state index >= 15 is 0 Å². The third-order valence-electron chi connectivity index (χ3n) is 7.58. The number of carbonyl (C=O) groups excluding carboxylic acids is 1. The molecule has 0 bridgehead atoms. The molecule has 3 aliphatic heterocycles. The van der Waals surface area contributed by atoms with Crippen LogP contribution in [0.25, 0.3) is 0 Å². The molecule has 3 fully saturated rings. The fraction of sp³-hybridized carbons (Fsp3) is 0.800. The Labute approximate surface area is 193 Å². The zero-order valence-corrected chi connectivity index (χ0v) is 20.3. The minimum absolute atomic E-state index is 0.0103. The Morgan fingerprint density at radius 3 is 2.59 bits per heavy atom. The number of fused-ring (bicyclic) bond motifs is 1. The summed E-state index contributed by atoms with van der Waals surface area (Å²) in [4.78, 5) is 30.1. The number of anilines is 1. The normalized spacial score (nSPS) is 26.6. The molecule has 0 aromatic carbocycles. The van der Waals surface area contributed by atoms with E-state index in [1.165, 1.54) is 45.2 Å². The Hall–Kier alpha value is -1.73. The van der Waals surface area contributed by atoms with Crippen molar-refractivity contribution in [2.75, 3.05) is 57.9 Å². The third kappa shape index (κ3) is 5.60. The summed E-state index contributed by atoms with van der Waals surface area (Å²) >= 11 is 0. The summed E-state index contributed by atoms with van der Waals surface area (Å²) in [6, 6.07) is 2.66. The highest BCUT2D eigenvalue weighted by Gasteiger charge is 2.36. The topological polar surface area (TPSA) is 61.8 Å². The Morgan fingerprint density at radius 2 is 1.81 bits per heavy atom. The van der Waals surface area contributed by atoms with Crippen LogP contribution in [0, 0.1) is 25.7 Å². The van der Waals surface area contributed by atoms with Crippen LogP contribution >= 0.6 is 0 Å². The Morgan fingerprint density at radius 1 is 1.06 bits per heavy atom. The molecule has 7 heteroatoms. The van der Waals surface area contributed by atoms with Crippen LogP contribution in [0.2, 0.25) is 0 Å². The van der Waals surface area contributed by atoms with Crippen molar-refractivity contribution >= 4 is 11.9 Å². The van der Waals surface area contributed by atoms with E-state index in [1.807, 2.05) is 19.9 Å². The van der Waals surface area contributed by atoms with Gasteiger partial charge in [-0.2, -0.15) is 0 Å². The van der Waals surface area contributed by atoms with Gasteiger partial charge in [0.2, 0.25) is 11.9 Å². The number of nitrogens with zero attached hydrogens (tertiary/aromatic N) is 5. The van der Waals surface area contributed by atoms with Gasteiger partial charge in [-0.3, -0.25) is 4.79 Å². The first-order chi connectivity index (χ1) is 15.5. The molecule has 1 amide bonds. The average Bonchev–Trinajstić information content (AvgIpc) is 2.81. The van der Waals surface area contributed by atoms with Gasteiger partial charge in [-0.25, -0.2) is 9.97 Å². The van der Waals surface area contributed by atoms with Gasteiger partial charge in [0.25, 0.3) is 0 Å². The fourth-order valence-electron chi connectivity index (χ4n) is 6.03. The number of amides is 1. The lowest BCUT2D eigenvalue weighted by atomic mass is 9.83. The summed E-state index contributed by atoms with van der Waals surface area (Å²) in [5, 5.41) is 0. The van der Waals surface area contributed by atoms with Crippen LogP contribution in [0.3, 0.4) is 0 Å². The summed E-state index contributed by atoms with van der Waals surface area (Å²) in [5.41, 5.74) is 1.97. The predicted octanol–water partition coefficient (Wildman–Crippen LogP) is 3.05. The summed E-state index contributed by atoms with van der Waals surface area (Å²) < 4.78 is 5.39. The maximum absolute atomic E-state index is 13.7. The largest absolute Gasteiger partial charge is 0.383 e. The number of hydrogen-bond acceptors (Lipinski definition) is 6. The zero-order valence-electron chi connectivity index (χ0n) is 20.3. The molecule has 0 radical (unpaired) electrons. The van der Waals surface area contributed by atoms with Crippen LogP contribution in [-0.4, -0.2) is 84.7 Å². The Balaban J connectivity index is 1.44. The van der Waals surface area contributed by atoms with Crippen molar-refractivity contribution in [3.63, 3.8) is 0 Å². The van der Waals surface area contributed by atoms with Crippen LogP contribution in [0.5, 0.6) is 0 Å². The molecule has 0 N–H and O–H groups in total. The summed E-state index contributed by atoms with van der Waals surface area (Å²) in [6.07, 6.45) is 8.40. The van der Waals surface area contributed by atoms with Crippen molar-refractivity contribution in [1.29, 1.82) is 0 Å². The van der Waals surface area contributed by atoms with E-state index in [-0.39, 0.29) is 5.92 Å². The number of methoxy groups -OCH3 is 1. The number of ether oxygens (including phenoxy) is 1. The van der Waals surface area contributed by atoms with E-state index in [4.69, 9.17) is 4.74 Å². The van der Waals surface area contributed by atoms with Crippen molar-refractivity contribution in [2.45, 2.75) is 64.8 Å². The molecule has 32 heavy (non-hydrogen) atoms. The quantitative estimate of drug-likeness (QED) is 0.646. The van der Waals surface area contributed by atoms with E-state index < -0.39 is 0 Å². The van der Waals surface area contributed by atoms with E-state index in [0.717, 1.165) is 43.3 Å². The molecule has 1 aromatic rings. The molecule has 4 heterocycles. The maximum atomic E-state index is 13.7. The number of aryl methyl sites for hydroxylation is 2. The summed E-state index contributed by atoms with van der Waals surface area (Å²) in [5.74, 6) is 1.67. The second-order valence-electron chi connectivity index (χ2n) is 10.0. The third-order valence-corrected chi connectivity index (χ3v) is 7.58. The lowest BCUT2D eigenvalue weighted by Gasteiger charge is -2.46. The second-order valence-corrected chi connectivity index (χ2v) is 10.0. The molecule has 4 rings (SSSR count). The van der Waals surface area contributed by atoms with E-state index in [2.05, 4.69) is 24.7 Å². The van der Waals surface area contributed by atoms with E-state index in [9.17, 15) is 4.79 Å². The summed E-state index contributed by atoms with van der Waals surface area (Å²) in [6.45, 7) is 10.3. The lowest BCUT2D eigenvalue weighted by Crippen LogP contribution is -2.53. The number of piperidine rings is 3. The Kier molecular flexibility index (Phi) is 8.00. The van der Waals surface area contributed by atoms with Crippen molar-refractivity contribution in [3.8, 4) is 0 Å². The Bertz CT molecular complexity index is 750. The first kappa shape index (κ1) is 23.4. The van der Waals surface area contributed by atoms with Gasteiger partial charge in [0.1, 0.15) is 0 Å². The van der Waals surface area contributed by atoms with Gasteiger partial charge < -0.3 is 19.4 Å². The zero-order chi connectivity index (χ0) is 22.5. The van der Waals surface area contributed by atoms with Crippen molar-refractivity contribution in [2.24, 2.45) is 11.8 Å². The number of hydrogen-bond donors (Lipinski definition) is 0. The maximum Gasteiger partial charge on any atom is 0.227 e. The van der Waals surface area contributed by atoms with Gasteiger partial charge in [-0.1, -0.05) is 6.42 Å². The molecule has 3 aliphatic rings. The molecule has 1 aromatic heterocycles. The first-order valence-electron chi connectivity index (χ1n) is 12.6. The van der Waals surface area contributed by atoms with Crippen LogP contribution in [-0.2, 0) is 9.53 Å². The highest BCUT2D eigenvalue weighted by atomic mass is 16.5. The first-order valence-corrected chi connectivity index (χ1v) is 12.6. The smallest absolute Gasteiger partial charge is 0.227 e. The SMILES string of the molecule is COCCN(C[C@@H]1CCCN2CCCC[C@H]12)C(=O)[C@@H]1CCCN(c2nc(C)cc(C)n2)C1. The van der Waals surface area contributed by atoms with Crippen LogP contribution in [0.15, 0.2) is 6.07 Å². The number of rotatable bonds is 7. The van der Waals surface area contributed by atoms with Gasteiger partial charge in [0, 0.05) is 50.7 Å². The summed E-state index contributed by atoms with van der Waals surface area (Å²) in [7, 11) is 1.73. The standard InChI is InChI=1S/C25H41N5O2/c1-19-16-20(2)27-25(26-19)30-13-7-9-22(18-30)24(31)29(14-15-32-3)17-21-8-6-12-28-11-5-4-10-23(21)28/h16,21-23H,4-15,17-18H2,1-3H3/t21-,22+,23+/m0/s1. The molecule has 7 nitrogen and oxygen atoms in total. The second kappa shape index (κ2) is 10.9. The van der Waals surface area contributed by atoms with Gasteiger partial charge in [0.05, 0.1) is 12.5 Å². The predicted molar refractivity (Wildman–Crippen MR) is 127 cm³/mol. The highest BCUT2D eigenvalue weighted by molar-refractivity contribution is 5.79. The highest BCUT2D eigenvalue weighted by Crippen LogP contribution is 2.32. The number of aromatic nitrogens is 2. The molecular weight excluding hydrogens is 402 g/mol. The van der Waals surface area contributed by atoms with Crippen molar-refractivity contribution in [1.82, 2.24) is 19.8 Å². The minimum Gasteiger partial charge on any atom is -0.383 e. The number of carbonyl (C=O) groups is 1. The van der Waals surface area contributed by atoms with Gasteiger partial charge >= 0.3 is 0 Å². The van der Waals surface area contributed by atoms with E-state index in [0.29, 0.717) is 37.6 Å². The molecule has 3 saturated heterocycles. The minimum atomic E-state index is 0.0103. The van der Waals surface area contributed by atoms with Gasteiger partial charge in [0.15, 0.2) is 0 Å². The van der Waals surface area contributed by atoms with Gasteiger partial charge in [-0.05, 0) is 77.4 Å². The van der Waals surface area contributed by atoms with Crippen LogP contribution < -0.4 is 4.90 Å². The molecule has 178 valence electrons. The molecule has 0 aliphatic carbocycles. The van der Waals surface area contributed by atoms with E-state index in [1.54, 1.807) is 7.11 Å². The van der Waals surface area contributed by atoms with Crippen molar-refractivity contribution in [3.05, 3.63) is 17.5 Å². The van der Waals surface area contributed by atoms with Crippen LogP contribution in [0.1, 0.15) is 56.3 Å².